The maximum Gasteiger partial charge on any atom is 0.187 e. The highest BCUT2D eigenvalue weighted by Gasteiger charge is 2.11. The van der Waals surface area contributed by atoms with Crippen molar-refractivity contribution < 1.29 is 0 Å². The van der Waals surface area contributed by atoms with Gasteiger partial charge in [-0.15, -0.1) is 11.3 Å². The van der Waals surface area contributed by atoms with Crippen LogP contribution < -0.4 is 10.6 Å². The van der Waals surface area contributed by atoms with Crippen LogP contribution in [0, 0.1) is 0 Å². The van der Waals surface area contributed by atoms with Crippen LogP contribution in [0.2, 0.25) is 10.0 Å². The summed E-state index contributed by atoms with van der Waals surface area (Å²) in [6, 6.07) is 5.66. The van der Waals surface area contributed by atoms with Crippen LogP contribution in [0.5, 0.6) is 0 Å². The summed E-state index contributed by atoms with van der Waals surface area (Å²) in [5.74, 6) is 0. The average Bonchev–Trinajstić information content (AvgIpc) is 2.89. The lowest BCUT2D eigenvalue weighted by Gasteiger charge is -2.10. The van der Waals surface area contributed by atoms with E-state index in [1.165, 1.54) is 0 Å². The fraction of sp³-hybridized carbons (Fsp3) is 0.357. The van der Waals surface area contributed by atoms with Gasteiger partial charge in [-0.3, -0.25) is 0 Å². The molecule has 2 N–H and O–H groups in total. The maximum absolute atomic E-state index is 6.13. The predicted octanol–water partition coefficient (Wildman–Crippen LogP) is 5.25. The molecule has 0 aliphatic carbocycles. The summed E-state index contributed by atoms with van der Waals surface area (Å²) in [6.07, 6.45) is 1.11. The number of rotatable bonds is 6. The normalized spacial score (nSPS) is 12.4. The lowest BCUT2D eigenvalue weighted by Crippen LogP contribution is -2.19. The van der Waals surface area contributed by atoms with Crippen molar-refractivity contribution in [3.05, 3.63) is 39.3 Å². The van der Waals surface area contributed by atoms with Gasteiger partial charge < -0.3 is 10.6 Å². The summed E-state index contributed by atoms with van der Waals surface area (Å²) < 4.78 is 0. The third-order valence-electron chi connectivity index (χ3n) is 2.86. The number of para-hydroxylation sites is 1. The molecule has 1 heterocycles. The molecule has 0 bridgehead atoms. The minimum atomic E-state index is 0.239. The van der Waals surface area contributed by atoms with E-state index in [4.69, 9.17) is 23.2 Å². The SMILES string of the molecule is CCCNC(C)c1csc(Nc2c(Cl)cccc2Cl)n1. The highest BCUT2D eigenvalue weighted by molar-refractivity contribution is 7.13. The van der Waals surface area contributed by atoms with Crippen LogP contribution in [0.3, 0.4) is 0 Å². The minimum Gasteiger partial charge on any atom is -0.329 e. The van der Waals surface area contributed by atoms with Gasteiger partial charge in [0, 0.05) is 11.4 Å². The molecule has 3 nitrogen and oxygen atoms in total. The van der Waals surface area contributed by atoms with Crippen LogP contribution in [0.25, 0.3) is 0 Å². The Bertz CT molecular complexity index is 551. The Kier molecular flexibility index (Phi) is 5.66. The third-order valence-corrected chi connectivity index (χ3v) is 4.27. The lowest BCUT2D eigenvalue weighted by atomic mass is 10.2. The lowest BCUT2D eigenvalue weighted by molar-refractivity contribution is 0.561. The summed E-state index contributed by atoms with van der Waals surface area (Å²) >= 11 is 13.8. The van der Waals surface area contributed by atoms with Crippen molar-refractivity contribution >= 4 is 45.4 Å². The zero-order valence-electron chi connectivity index (χ0n) is 11.4. The smallest absolute Gasteiger partial charge is 0.187 e. The zero-order chi connectivity index (χ0) is 14.5. The third kappa shape index (κ3) is 3.85. The van der Waals surface area contributed by atoms with Crippen molar-refractivity contribution in [2.24, 2.45) is 0 Å². The van der Waals surface area contributed by atoms with Gasteiger partial charge in [-0.1, -0.05) is 36.2 Å². The second-order valence-electron chi connectivity index (χ2n) is 4.47. The van der Waals surface area contributed by atoms with E-state index < -0.39 is 0 Å². The van der Waals surface area contributed by atoms with Crippen LogP contribution in [0.1, 0.15) is 32.0 Å². The quantitative estimate of drug-likeness (QED) is 0.759. The number of nitrogens with zero attached hydrogens (tertiary/aromatic N) is 1. The number of hydrogen-bond acceptors (Lipinski definition) is 4. The highest BCUT2D eigenvalue weighted by atomic mass is 35.5. The fourth-order valence-electron chi connectivity index (χ4n) is 1.73. The molecule has 2 rings (SSSR count). The van der Waals surface area contributed by atoms with Crippen molar-refractivity contribution in [1.82, 2.24) is 10.3 Å². The first-order valence-corrected chi connectivity index (χ1v) is 8.15. The van der Waals surface area contributed by atoms with Crippen molar-refractivity contribution in [2.75, 3.05) is 11.9 Å². The summed E-state index contributed by atoms with van der Waals surface area (Å²) in [7, 11) is 0. The molecule has 0 saturated heterocycles. The fourth-order valence-corrected chi connectivity index (χ4v) is 3.03. The van der Waals surface area contributed by atoms with Gasteiger partial charge >= 0.3 is 0 Å². The number of thiazole rings is 1. The molecular formula is C14H17Cl2N3S. The van der Waals surface area contributed by atoms with Gasteiger partial charge in [-0.25, -0.2) is 4.98 Å². The molecule has 1 aromatic carbocycles. The molecule has 20 heavy (non-hydrogen) atoms. The number of nitrogens with one attached hydrogen (secondary N) is 2. The largest absolute Gasteiger partial charge is 0.329 e. The van der Waals surface area contributed by atoms with Crippen molar-refractivity contribution in [3.63, 3.8) is 0 Å². The van der Waals surface area contributed by atoms with Crippen molar-refractivity contribution in [2.45, 2.75) is 26.3 Å². The predicted molar refractivity (Wildman–Crippen MR) is 88.6 cm³/mol. The minimum absolute atomic E-state index is 0.239. The number of benzene rings is 1. The van der Waals surface area contributed by atoms with E-state index in [1.54, 1.807) is 23.5 Å². The van der Waals surface area contributed by atoms with Gasteiger partial charge in [0.2, 0.25) is 0 Å². The first-order valence-electron chi connectivity index (χ1n) is 6.51. The molecule has 1 unspecified atom stereocenters. The molecule has 1 atom stereocenters. The molecule has 0 aliphatic heterocycles. The monoisotopic (exact) mass is 329 g/mol. The van der Waals surface area contributed by atoms with Crippen LogP contribution in [-0.2, 0) is 0 Å². The van der Waals surface area contributed by atoms with Gasteiger partial charge in [0.25, 0.3) is 0 Å². The van der Waals surface area contributed by atoms with E-state index >= 15 is 0 Å². The first kappa shape index (κ1) is 15.6. The summed E-state index contributed by atoms with van der Waals surface area (Å²) in [6.45, 7) is 5.24. The summed E-state index contributed by atoms with van der Waals surface area (Å²) in [5.41, 5.74) is 1.72. The second kappa shape index (κ2) is 7.27. The Morgan fingerprint density at radius 2 is 2.00 bits per heavy atom. The van der Waals surface area contributed by atoms with Crippen molar-refractivity contribution in [1.29, 1.82) is 0 Å². The summed E-state index contributed by atoms with van der Waals surface area (Å²) in [4.78, 5) is 4.57. The van der Waals surface area contributed by atoms with E-state index in [0.717, 1.165) is 23.8 Å². The average molecular weight is 330 g/mol. The van der Waals surface area contributed by atoms with E-state index in [-0.39, 0.29) is 6.04 Å². The van der Waals surface area contributed by atoms with Crippen LogP contribution in [0.15, 0.2) is 23.6 Å². The van der Waals surface area contributed by atoms with Crippen LogP contribution in [-0.4, -0.2) is 11.5 Å². The Morgan fingerprint density at radius 1 is 1.30 bits per heavy atom. The molecule has 0 aliphatic rings. The van der Waals surface area contributed by atoms with E-state index in [9.17, 15) is 0 Å². The molecule has 1 aromatic heterocycles. The summed E-state index contributed by atoms with van der Waals surface area (Å²) in [5, 5.41) is 10.6. The molecule has 0 saturated carbocycles. The Labute approximate surface area is 133 Å². The van der Waals surface area contributed by atoms with Gasteiger partial charge in [0.15, 0.2) is 5.13 Å². The van der Waals surface area contributed by atoms with Crippen LogP contribution in [0.4, 0.5) is 10.8 Å². The first-order chi connectivity index (χ1) is 9.61. The Balaban J connectivity index is 2.10. The van der Waals surface area contributed by atoms with E-state index in [2.05, 4.69) is 29.5 Å². The zero-order valence-corrected chi connectivity index (χ0v) is 13.7. The molecule has 0 fully saturated rings. The van der Waals surface area contributed by atoms with Gasteiger partial charge in [-0.05, 0) is 32.0 Å². The molecule has 2 aromatic rings. The molecule has 0 radical (unpaired) electrons. The standard InChI is InChI=1S/C14H17Cl2N3S/c1-3-7-17-9(2)12-8-20-14(18-12)19-13-10(15)5-4-6-11(13)16/h4-6,8-9,17H,3,7H2,1-2H3,(H,18,19). The second-order valence-corrected chi connectivity index (χ2v) is 6.15. The number of aromatic nitrogens is 1. The highest BCUT2D eigenvalue weighted by Crippen LogP contribution is 2.33. The molecular weight excluding hydrogens is 313 g/mol. The van der Waals surface area contributed by atoms with Gasteiger partial charge in [0.05, 0.1) is 21.4 Å². The molecule has 0 spiro atoms. The topological polar surface area (TPSA) is 37.0 Å². The molecule has 6 heteroatoms. The van der Waals surface area contributed by atoms with Crippen LogP contribution >= 0.6 is 34.5 Å². The molecule has 0 amide bonds. The number of anilines is 2. The van der Waals surface area contributed by atoms with E-state index in [0.29, 0.717) is 15.7 Å². The number of hydrogen-bond donors (Lipinski definition) is 2. The number of halogens is 2. The van der Waals surface area contributed by atoms with Crippen molar-refractivity contribution in [3.8, 4) is 0 Å². The van der Waals surface area contributed by atoms with Gasteiger partial charge in [0.1, 0.15) is 0 Å². The maximum atomic E-state index is 6.13. The Morgan fingerprint density at radius 3 is 2.65 bits per heavy atom. The van der Waals surface area contributed by atoms with Gasteiger partial charge in [-0.2, -0.15) is 0 Å². The Hall–Kier alpha value is -0.810. The van der Waals surface area contributed by atoms with E-state index in [1.807, 2.05) is 11.4 Å². The molecule has 108 valence electrons.